The summed E-state index contributed by atoms with van der Waals surface area (Å²) in [5, 5.41) is 13.9. The summed E-state index contributed by atoms with van der Waals surface area (Å²) in [4.78, 5) is 11.0. The standard InChI is InChI=1S/C7H14N2O2/c1-5(10)4-9-7(11)6(2)8-3/h6,8,10H,1,4H2,2-3H3,(H,9,11). The highest BCUT2D eigenvalue weighted by atomic mass is 16.3. The van der Waals surface area contributed by atoms with Gasteiger partial charge in [0.15, 0.2) is 0 Å². The first-order valence-corrected chi connectivity index (χ1v) is 3.39. The second-order valence-electron chi connectivity index (χ2n) is 2.29. The van der Waals surface area contributed by atoms with E-state index < -0.39 is 0 Å². The van der Waals surface area contributed by atoms with Gasteiger partial charge in [0.05, 0.1) is 12.6 Å². The minimum Gasteiger partial charge on any atom is -0.511 e. The molecule has 0 radical (unpaired) electrons. The number of hydrogen-bond donors (Lipinski definition) is 3. The normalized spacial score (nSPS) is 12.2. The Morgan fingerprint density at radius 2 is 2.27 bits per heavy atom. The number of likely N-dealkylation sites (N-methyl/N-ethyl adjacent to an activating group) is 1. The summed E-state index contributed by atoms with van der Waals surface area (Å²) in [6.07, 6.45) is 0. The molecule has 64 valence electrons. The van der Waals surface area contributed by atoms with E-state index in [2.05, 4.69) is 17.2 Å². The summed E-state index contributed by atoms with van der Waals surface area (Å²) >= 11 is 0. The van der Waals surface area contributed by atoms with Gasteiger partial charge in [0, 0.05) is 0 Å². The summed E-state index contributed by atoms with van der Waals surface area (Å²) in [6.45, 7) is 5.08. The Morgan fingerprint density at radius 1 is 1.73 bits per heavy atom. The number of carbonyl (C=O) groups is 1. The molecule has 0 aliphatic carbocycles. The Morgan fingerprint density at radius 3 is 2.64 bits per heavy atom. The van der Waals surface area contributed by atoms with Crippen molar-refractivity contribution in [3.8, 4) is 0 Å². The molecule has 0 aromatic carbocycles. The van der Waals surface area contributed by atoms with Crippen molar-refractivity contribution in [2.45, 2.75) is 13.0 Å². The van der Waals surface area contributed by atoms with Crippen LogP contribution in [0.25, 0.3) is 0 Å². The van der Waals surface area contributed by atoms with E-state index in [9.17, 15) is 4.79 Å². The van der Waals surface area contributed by atoms with E-state index in [1.54, 1.807) is 14.0 Å². The fourth-order valence-electron chi connectivity index (χ4n) is 0.473. The first kappa shape index (κ1) is 9.97. The third-order valence-corrected chi connectivity index (χ3v) is 1.29. The van der Waals surface area contributed by atoms with E-state index in [1.165, 1.54) is 0 Å². The maximum Gasteiger partial charge on any atom is 0.237 e. The lowest BCUT2D eigenvalue weighted by Crippen LogP contribution is -2.40. The van der Waals surface area contributed by atoms with Crippen molar-refractivity contribution in [3.63, 3.8) is 0 Å². The van der Waals surface area contributed by atoms with Crippen LogP contribution in [0.4, 0.5) is 0 Å². The number of aliphatic hydroxyl groups excluding tert-OH is 1. The van der Waals surface area contributed by atoms with Crippen molar-refractivity contribution in [2.75, 3.05) is 13.6 Å². The molecule has 1 atom stereocenters. The first-order valence-electron chi connectivity index (χ1n) is 3.39. The van der Waals surface area contributed by atoms with E-state index in [1.807, 2.05) is 0 Å². The molecule has 3 N–H and O–H groups in total. The Kier molecular flexibility index (Phi) is 4.29. The van der Waals surface area contributed by atoms with Gasteiger partial charge in [0.25, 0.3) is 0 Å². The summed E-state index contributed by atoms with van der Waals surface area (Å²) in [5.41, 5.74) is 0. The second kappa shape index (κ2) is 4.73. The molecule has 0 aliphatic heterocycles. The van der Waals surface area contributed by atoms with Gasteiger partial charge in [-0.1, -0.05) is 6.58 Å². The maximum absolute atomic E-state index is 11.0. The van der Waals surface area contributed by atoms with Crippen molar-refractivity contribution >= 4 is 5.91 Å². The molecular formula is C7H14N2O2. The van der Waals surface area contributed by atoms with Gasteiger partial charge in [0.2, 0.25) is 5.91 Å². The maximum atomic E-state index is 11.0. The molecule has 0 spiro atoms. The van der Waals surface area contributed by atoms with E-state index in [0.29, 0.717) is 0 Å². The van der Waals surface area contributed by atoms with Crippen LogP contribution in [0, 0.1) is 0 Å². The lowest BCUT2D eigenvalue weighted by Gasteiger charge is -2.09. The van der Waals surface area contributed by atoms with Crippen molar-refractivity contribution in [1.29, 1.82) is 0 Å². The van der Waals surface area contributed by atoms with Crippen LogP contribution in [-0.4, -0.2) is 30.6 Å². The molecule has 0 heterocycles. The van der Waals surface area contributed by atoms with Crippen LogP contribution >= 0.6 is 0 Å². The molecule has 4 nitrogen and oxygen atoms in total. The lowest BCUT2D eigenvalue weighted by molar-refractivity contribution is -0.122. The number of carbonyl (C=O) groups excluding carboxylic acids is 1. The van der Waals surface area contributed by atoms with Crippen LogP contribution in [0.15, 0.2) is 12.3 Å². The van der Waals surface area contributed by atoms with Crippen LogP contribution < -0.4 is 10.6 Å². The molecule has 4 heteroatoms. The van der Waals surface area contributed by atoms with Crippen molar-refractivity contribution < 1.29 is 9.90 Å². The molecule has 11 heavy (non-hydrogen) atoms. The van der Waals surface area contributed by atoms with Crippen LogP contribution in [0.5, 0.6) is 0 Å². The number of amides is 1. The number of aliphatic hydroxyl groups is 1. The summed E-state index contributed by atoms with van der Waals surface area (Å²) in [7, 11) is 1.69. The second-order valence-corrected chi connectivity index (χ2v) is 2.29. The third kappa shape index (κ3) is 4.38. The molecule has 0 saturated heterocycles. The SMILES string of the molecule is C=C(O)CNC(=O)C(C)NC. The van der Waals surface area contributed by atoms with E-state index in [-0.39, 0.29) is 24.3 Å². The van der Waals surface area contributed by atoms with Gasteiger partial charge in [-0.2, -0.15) is 0 Å². The van der Waals surface area contributed by atoms with Crippen LogP contribution in [0.3, 0.4) is 0 Å². The molecule has 0 fully saturated rings. The molecule has 0 rings (SSSR count). The average Bonchev–Trinajstić information content (AvgIpc) is 1.98. The number of nitrogens with one attached hydrogen (secondary N) is 2. The fourth-order valence-corrected chi connectivity index (χ4v) is 0.473. The Bertz CT molecular complexity index is 157. The smallest absolute Gasteiger partial charge is 0.237 e. The van der Waals surface area contributed by atoms with Crippen LogP contribution in [-0.2, 0) is 4.79 Å². The zero-order valence-electron chi connectivity index (χ0n) is 6.85. The van der Waals surface area contributed by atoms with Crippen LogP contribution in [0.2, 0.25) is 0 Å². The largest absolute Gasteiger partial charge is 0.511 e. The zero-order chi connectivity index (χ0) is 8.85. The minimum absolute atomic E-state index is 0.0401. The Balaban J connectivity index is 3.60. The topological polar surface area (TPSA) is 61.4 Å². The summed E-state index contributed by atoms with van der Waals surface area (Å²) < 4.78 is 0. The van der Waals surface area contributed by atoms with Gasteiger partial charge < -0.3 is 15.7 Å². The average molecular weight is 158 g/mol. The van der Waals surface area contributed by atoms with Gasteiger partial charge >= 0.3 is 0 Å². The molecule has 0 aromatic heterocycles. The summed E-state index contributed by atoms with van der Waals surface area (Å²) in [5.74, 6) is -0.190. The lowest BCUT2D eigenvalue weighted by atomic mass is 10.3. The van der Waals surface area contributed by atoms with E-state index >= 15 is 0 Å². The number of hydrogen-bond acceptors (Lipinski definition) is 3. The molecule has 0 aromatic rings. The predicted molar refractivity (Wildman–Crippen MR) is 43.3 cm³/mol. The van der Waals surface area contributed by atoms with E-state index in [4.69, 9.17) is 5.11 Å². The van der Waals surface area contributed by atoms with Gasteiger partial charge in [-0.05, 0) is 14.0 Å². The van der Waals surface area contributed by atoms with Crippen molar-refractivity contribution in [2.24, 2.45) is 0 Å². The molecule has 0 bridgehead atoms. The van der Waals surface area contributed by atoms with Gasteiger partial charge in [-0.25, -0.2) is 0 Å². The van der Waals surface area contributed by atoms with Gasteiger partial charge in [0.1, 0.15) is 5.76 Å². The first-order chi connectivity index (χ1) is 5.07. The quantitative estimate of drug-likeness (QED) is 0.496. The minimum atomic E-state index is -0.241. The molecule has 1 unspecified atom stereocenters. The molecular weight excluding hydrogens is 144 g/mol. The third-order valence-electron chi connectivity index (χ3n) is 1.29. The summed E-state index contributed by atoms with van der Waals surface area (Å²) in [6, 6.07) is -0.241. The Hall–Kier alpha value is -1.03. The zero-order valence-corrected chi connectivity index (χ0v) is 6.85. The molecule has 0 aliphatic rings. The van der Waals surface area contributed by atoms with E-state index in [0.717, 1.165) is 0 Å². The highest BCUT2D eigenvalue weighted by molar-refractivity contribution is 5.81. The van der Waals surface area contributed by atoms with Gasteiger partial charge in [-0.15, -0.1) is 0 Å². The predicted octanol–water partition coefficient (Wildman–Crippen LogP) is -0.218. The number of rotatable bonds is 4. The monoisotopic (exact) mass is 158 g/mol. The highest BCUT2D eigenvalue weighted by Crippen LogP contribution is 1.81. The Labute approximate surface area is 66.3 Å². The highest BCUT2D eigenvalue weighted by Gasteiger charge is 2.08. The van der Waals surface area contributed by atoms with Crippen molar-refractivity contribution in [3.05, 3.63) is 12.3 Å². The van der Waals surface area contributed by atoms with Gasteiger partial charge in [-0.3, -0.25) is 4.79 Å². The van der Waals surface area contributed by atoms with Crippen LogP contribution in [0.1, 0.15) is 6.92 Å². The fraction of sp³-hybridized carbons (Fsp3) is 0.571. The molecule has 0 saturated carbocycles. The molecule has 1 amide bonds. The van der Waals surface area contributed by atoms with Crippen molar-refractivity contribution in [1.82, 2.24) is 10.6 Å².